The van der Waals surface area contributed by atoms with Crippen LogP contribution in [-0.4, -0.2) is 63.3 Å². The van der Waals surface area contributed by atoms with E-state index in [-0.39, 0.29) is 5.91 Å². The highest BCUT2D eigenvalue weighted by molar-refractivity contribution is 7.22. The smallest absolute Gasteiger partial charge is 0.260 e. The number of benzene rings is 2. The van der Waals surface area contributed by atoms with Gasteiger partial charge in [0, 0.05) is 30.8 Å². The maximum absolute atomic E-state index is 13.4. The molecular weight excluding hydrogens is 414 g/mol. The van der Waals surface area contributed by atoms with Crippen LogP contribution in [0.5, 0.6) is 17.2 Å². The van der Waals surface area contributed by atoms with Crippen LogP contribution in [0.25, 0.3) is 10.2 Å². The Morgan fingerprint density at radius 1 is 0.935 bits per heavy atom. The number of aromatic nitrogens is 1. The predicted molar refractivity (Wildman–Crippen MR) is 125 cm³/mol. The molecule has 0 aliphatic rings. The van der Waals surface area contributed by atoms with Gasteiger partial charge in [-0.2, -0.15) is 0 Å². The van der Waals surface area contributed by atoms with Gasteiger partial charge in [-0.15, -0.1) is 0 Å². The molecule has 7 nitrogen and oxygen atoms in total. The zero-order valence-corrected chi connectivity index (χ0v) is 19.5. The van der Waals surface area contributed by atoms with Gasteiger partial charge in [0.15, 0.2) is 16.6 Å². The number of methoxy groups -OCH3 is 3. The van der Waals surface area contributed by atoms with Gasteiger partial charge in [0.05, 0.1) is 31.5 Å². The molecule has 2 aromatic carbocycles. The lowest BCUT2D eigenvalue weighted by Gasteiger charge is -2.24. The van der Waals surface area contributed by atoms with E-state index in [1.165, 1.54) is 11.3 Å². The Morgan fingerprint density at radius 2 is 1.58 bits per heavy atom. The van der Waals surface area contributed by atoms with E-state index >= 15 is 0 Å². The summed E-state index contributed by atoms with van der Waals surface area (Å²) in [4.78, 5) is 22.2. The minimum atomic E-state index is -0.0900. The average Bonchev–Trinajstić information content (AvgIpc) is 3.23. The molecule has 0 fully saturated rings. The molecule has 0 unspecified atom stereocenters. The maximum atomic E-state index is 13.4. The van der Waals surface area contributed by atoms with Gasteiger partial charge in [-0.25, -0.2) is 4.98 Å². The molecule has 3 rings (SSSR count). The molecule has 166 valence electrons. The number of amides is 1. The monoisotopic (exact) mass is 443 g/mol. The number of hydrogen-bond acceptors (Lipinski definition) is 7. The van der Waals surface area contributed by atoms with E-state index in [0.717, 1.165) is 29.9 Å². The fraction of sp³-hybridized carbons (Fsp3) is 0.391. The van der Waals surface area contributed by atoms with Crippen molar-refractivity contribution in [2.45, 2.75) is 13.8 Å². The summed E-state index contributed by atoms with van der Waals surface area (Å²) in [5.74, 6) is 1.88. The number of ether oxygens (including phenoxy) is 3. The van der Waals surface area contributed by atoms with E-state index in [1.807, 2.05) is 12.1 Å². The number of nitrogens with zero attached hydrogens (tertiary/aromatic N) is 3. The lowest BCUT2D eigenvalue weighted by Crippen LogP contribution is -2.38. The Balaban J connectivity index is 1.98. The molecule has 1 aromatic heterocycles. The highest BCUT2D eigenvalue weighted by Crippen LogP contribution is 2.37. The van der Waals surface area contributed by atoms with Gasteiger partial charge in [0.1, 0.15) is 5.75 Å². The van der Waals surface area contributed by atoms with Crippen molar-refractivity contribution in [2.24, 2.45) is 0 Å². The summed E-state index contributed by atoms with van der Waals surface area (Å²) in [5, 5.41) is 0.651. The Bertz CT molecular complexity index is 975. The van der Waals surface area contributed by atoms with Crippen molar-refractivity contribution in [2.75, 3.05) is 52.4 Å². The van der Waals surface area contributed by atoms with Crippen LogP contribution in [0.1, 0.15) is 24.2 Å². The van der Waals surface area contributed by atoms with E-state index in [2.05, 4.69) is 18.7 Å². The molecular formula is C23H29N3O4S. The van der Waals surface area contributed by atoms with E-state index < -0.39 is 0 Å². The summed E-state index contributed by atoms with van der Waals surface area (Å²) >= 11 is 1.47. The van der Waals surface area contributed by atoms with E-state index in [4.69, 9.17) is 19.2 Å². The SMILES string of the molecule is CCN(CC)CCN(C(=O)c1ccc(OC)cc1)c1nc2cc(OC)c(OC)cc2s1. The third-order valence-electron chi connectivity index (χ3n) is 5.23. The molecule has 0 atom stereocenters. The summed E-state index contributed by atoms with van der Waals surface area (Å²) < 4.78 is 17.0. The number of rotatable bonds is 10. The molecule has 8 heteroatoms. The Hall–Kier alpha value is -2.84. The van der Waals surface area contributed by atoms with Gasteiger partial charge in [0.2, 0.25) is 0 Å². The molecule has 1 heterocycles. The van der Waals surface area contributed by atoms with Crippen molar-refractivity contribution in [1.29, 1.82) is 0 Å². The van der Waals surface area contributed by atoms with Crippen LogP contribution in [-0.2, 0) is 0 Å². The Morgan fingerprint density at radius 3 is 2.16 bits per heavy atom. The van der Waals surface area contributed by atoms with Crippen molar-refractivity contribution in [3.05, 3.63) is 42.0 Å². The summed E-state index contributed by atoms with van der Waals surface area (Å²) in [7, 11) is 4.81. The Labute approximate surface area is 187 Å². The van der Waals surface area contributed by atoms with Crippen molar-refractivity contribution in [1.82, 2.24) is 9.88 Å². The van der Waals surface area contributed by atoms with Crippen LogP contribution in [0.4, 0.5) is 5.13 Å². The summed E-state index contributed by atoms with van der Waals surface area (Å²) in [6.45, 7) is 7.40. The highest BCUT2D eigenvalue weighted by atomic mass is 32.1. The van der Waals surface area contributed by atoms with Gasteiger partial charge >= 0.3 is 0 Å². The summed E-state index contributed by atoms with van der Waals surface area (Å²) in [6.07, 6.45) is 0. The predicted octanol–water partition coefficient (Wildman–Crippen LogP) is 4.31. The second-order valence-corrected chi connectivity index (χ2v) is 7.89. The molecule has 1 amide bonds. The van der Waals surface area contributed by atoms with Crippen LogP contribution in [0.3, 0.4) is 0 Å². The van der Waals surface area contributed by atoms with Crippen LogP contribution in [0, 0.1) is 0 Å². The second-order valence-electron chi connectivity index (χ2n) is 6.88. The van der Waals surface area contributed by atoms with E-state index in [9.17, 15) is 4.79 Å². The van der Waals surface area contributed by atoms with Crippen molar-refractivity contribution >= 4 is 32.6 Å². The molecule has 0 radical (unpaired) electrons. The molecule has 0 N–H and O–H groups in total. The molecule has 0 aliphatic carbocycles. The third-order valence-corrected chi connectivity index (χ3v) is 6.27. The average molecular weight is 444 g/mol. The van der Waals surface area contributed by atoms with E-state index in [0.29, 0.717) is 34.5 Å². The quantitative estimate of drug-likeness (QED) is 0.465. The third kappa shape index (κ3) is 5.08. The molecule has 0 saturated heterocycles. The first kappa shape index (κ1) is 22.8. The normalized spacial score (nSPS) is 11.0. The number of likely N-dealkylation sites (N-methyl/N-ethyl adjacent to an activating group) is 1. The molecule has 3 aromatic rings. The number of carbonyl (C=O) groups is 1. The van der Waals surface area contributed by atoms with Crippen LogP contribution in [0.15, 0.2) is 36.4 Å². The van der Waals surface area contributed by atoms with Crippen LogP contribution < -0.4 is 19.1 Å². The molecule has 0 spiro atoms. The topological polar surface area (TPSA) is 64.1 Å². The summed E-state index contributed by atoms with van der Waals surface area (Å²) in [6, 6.07) is 10.9. The maximum Gasteiger partial charge on any atom is 0.260 e. The van der Waals surface area contributed by atoms with Gasteiger partial charge in [-0.05, 0) is 37.4 Å². The van der Waals surface area contributed by atoms with Crippen molar-refractivity contribution < 1.29 is 19.0 Å². The first-order valence-electron chi connectivity index (χ1n) is 10.2. The van der Waals surface area contributed by atoms with Crippen LogP contribution in [0.2, 0.25) is 0 Å². The molecule has 0 aliphatic heterocycles. The fourth-order valence-electron chi connectivity index (χ4n) is 3.31. The number of hydrogen-bond donors (Lipinski definition) is 0. The number of fused-ring (bicyclic) bond motifs is 1. The minimum absolute atomic E-state index is 0.0900. The Kier molecular flexibility index (Phi) is 7.70. The van der Waals surface area contributed by atoms with Gasteiger partial charge in [0.25, 0.3) is 5.91 Å². The molecule has 31 heavy (non-hydrogen) atoms. The summed E-state index contributed by atoms with van der Waals surface area (Å²) in [5.41, 5.74) is 1.36. The van der Waals surface area contributed by atoms with Crippen molar-refractivity contribution in [3.8, 4) is 17.2 Å². The van der Waals surface area contributed by atoms with Crippen molar-refractivity contribution in [3.63, 3.8) is 0 Å². The van der Waals surface area contributed by atoms with Gasteiger partial charge in [-0.3, -0.25) is 9.69 Å². The molecule has 0 saturated carbocycles. The highest BCUT2D eigenvalue weighted by Gasteiger charge is 2.23. The minimum Gasteiger partial charge on any atom is -0.497 e. The van der Waals surface area contributed by atoms with Gasteiger partial charge in [-0.1, -0.05) is 25.2 Å². The lowest BCUT2D eigenvalue weighted by atomic mass is 10.2. The fourth-order valence-corrected chi connectivity index (χ4v) is 4.31. The molecule has 0 bridgehead atoms. The first-order valence-corrected chi connectivity index (χ1v) is 11.1. The van der Waals surface area contributed by atoms with Gasteiger partial charge < -0.3 is 19.1 Å². The zero-order chi connectivity index (χ0) is 22.4. The second kappa shape index (κ2) is 10.5. The number of anilines is 1. The number of carbonyl (C=O) groups excluding carboxylic acids is 1. The number of thiazole rings is 1. The lowest BCUT2D eigenvalue weighted by molar-refractivity contribution is 0.0983. The first-order chi connectivity index (χ1) is 15.0. The zero-order valence-electron chi connectivity index (χ0n) is 18.7. The standard InChI is InChI=1S/C23H29N3O4S/c1-6-25(7-2)12-13-26(22(27)16-8-10-17(28-3)11-9-16)23-24-18-14-19(29-4)20(30-5)15-21(18)31-23/h8-11,14-15H,6-7,12-13H2,1-5H3. The van der Waals surface area contributed by atoms with E-state index in [1.54, 1.807) is 50.5 Å². The van der Waals surface area contributed by atoms with Crippen LogP contribution >= 0.6 is 11.3 Å². The largest absolute Gasteiger partial charge is 0.497 e.